The molecule has 2 N–H and O–H groups in total. The van der Waals surface area contributed by atoms with E-state index < -0.39 is 0 Å². The standard InChI is InChI=1S/C15H16Cl2N2S/c16-11-2-1-3-12(17)15(11)13(8-18)19-6-4-14-10(9-19)5-7-20-14/h1-3,5,7,13H,4,6,8-9,18H2. The second-order valence-corrected chi connectivity index (χ2v) is 6.79. The van der Waals surface area contributed by atoms with Gasteiger partial charge in [-0.15, -0.1) is 11.3 Å². The summed E-state index contributed by atoms with van der Waals surface area (Å²) in [6.07, 6.45) is 1.07. The maximum absolute atomic E-state index is 6.34. The molecule has 2 nitrogen and oxygen atoms in total. The van der Waals surface area contributed by atoms with Gasteiger partial charge in [-0.05, 0) is 35.6 Å². The Hall–Kier alpha value is -0.580. The number of hydrogen-bond acceptors (Lipinski definition) is 3. The minimum atomic E-state index is 0.0734. The first kappa shape index (κ1) is 14.4. The van der Waals surface area contributed by atoms with E-state index in [-0.39, 0.29) is 6.04 Å². The molecule has 3 rings (SSSR count). The van der Waals surface area contributed by atoms with Gasteiger partial charge in [-0.3, -0.25) is 4.90 Å². The van der Waals surface area contributed by atoms with E-state index in [4.69, 9.17) is 28.9 Å². The quantitative estimate of drug-likeness (QED) is 0.919. The van der Waals surface area contributed by atoms with Gasteiger partial charge in [0, 0.05) is 40.1 Å². The monoisotopic (exact) mass is 326 g/mol. The Morgan fingerprint density at radius 1 is 1.25 bits per heavy atom. The fourth-order valence-electron chi connectivity index (χ4n) is 2.81. The van der Waals surface area contributed by atoms with Crippen LogP contribution in [-0.4, -0.2) is 18.0 Å². The number of benzene rings is 1. The first-order valence-corrected chi connectivity index (χ1v) is 8.27. The largest absolute Gasteiger partial charge is 0.329 e. The minimum absolute atomic E-state index is 0.0734. The third-order valence-electron chi connectivity index (χ3n) is 3.83. The van der Waals surface area contributed by atoms with Gasteiger partial charge in [0.1, 0.15) is 0 Å². The van der Waals surface area contributed by atoms with Crippen LogP contribution in [-0.2, 0) is 13.0 Å². The van der Waals surface area contributed by atoms with Gasteiger partial charge in [0.05, 0.1) is 6.04 Å². The van der Waals surface area contributed by atoms with Crippen LogP contribution in [0, 0.1) is 0 Å². The van der Waals surface area contributed by atoms with E-state index in [0.717, 1.165) is 25.1 Å². The first-order chi connectivity index (χ1) is 9.70. The molecule has 5 heteroatoms. The zero-order valence-corrected chi connectivity index (χ0v) is 13.3. The van der Waals surface area contributed by atoms with E-state index >= 15 is 0 Å². The van der Waals surface area contributed by atoms with E-state index in [1.165, 1.54) is 10.4 Å². The van der Waals surface area contributed by atoms with Gasteiger partial charge in [-0.2, -0.15) is 0 Å². The number of fused-ring (bicyclic) bond motifs is 1. The molecule has 20 heavy (non-hydrogen) atoms. The Morgan fingerprint density at radius 2 is 2.00 bits per heavy atom. The summed E-state index contributed by atoms with van der Waals surface area (Å²) in [5, 5.41) is 3.56. The molecule has 0 aliphatic carbocycles. The number of hydrogen-bond donors (Lipinski definition) is 1. The van der Waals surface area contributed by atoms with Crippen molar-refractivity contribution in [2.75, 3.05) is 13.1 Å². The van der Waals surface area contributed by atoms with Gasteiger partial charge in [-0.25, -0.2) is 0 Å². The van der Waals surface area contributed by atoms with Crippen LogP contribution in [0.25, 0.3) is 0 Å². The van der Waals surface area contributed by atoms with Gasteiger partial charge in [-0.1, -0.05) is 29.3 Å². The highest BCUT2D eigenvalue weighted by atomic mass is 35.5. The summed E-state index contributed by atoms with van der Waals surface area (Å²) < 4.78 is 0. The van der Waals surface area contributed by atoms with Crippen LogP contribution < -0.4 is 5.73 Å². The van der Waals surface area contributed by atoms with Crippen molar-refractivity contribution in [2.45, 2.75) is 19.0 Å². The van der Waals surface area contributed by atoms with Crippen molar-refractivity contribution in [3.63, 3.8) is 0 Å². The molecule has 1 atom stereocenters. The minimum Gasteiger partial charge on any atom is -0.329 e. The smallest absolute Gasteiger partial charge is 0.0503 e. The van der Waals surface area contributed by atoms with Crippen molar-refractivity contribution in [3.8, 4) is 0 Å². The molecule has 2 heterocycles. The van der Waals surface area contributed by atoms with E-state index in [0.29, 0.717) is 16.6 Å². The second kappa shape index (κ2) is 6.04. The van der Waals surface area contributed by atoms with Gasteiger partial charge in [0.15, 0.2) is 0 Å². The summed E-state index contributed by atoms with van der Waals surface area (Å²) in [6.45, 7) is 2.43. The fourth-order valence-corrected chi connectivity index (χ4v) is 4.35. The maximum atomic E-state index is 6.34. The van der Waals surface area contributed by atoms with Crippen LogP contribution >= 0.6 is 34.5 Å². The van der Waals surface area contributed by atoms with E-state index in [2.05, 4.69) is 16.3 Å². The topological polar surface area (TPSA) is 29.3 Å². The molecular formula is C15H16Cl2N2S. The lowest BCUT2D eigenvalue weighted by atomic mass is 10.0. The summed E-state index contributed by atoms with van der Waals surface area (Å²) >= 11 is 14.5. The molecule has 1 aromatic carbocycles. The van der Waals surface area contributed by atoms with Crippen LogP contribution in [0.4, 0.5) is 0 Å². The second-order valence-electron chi connectivity index (χ2n) is 4.98. The van der Waals surface area contributed by atoms with E-state index in [1.54, 1.807) is 0 Å². The molecule has 0 amide bonds. The SMILES string of the molecule is NCC(c1c(Cl)cccc1Cl)N1CCc2sccc2C1. The average Bonchev–Trinajstić information content (AvgIpc) is 2.90. The number of halogens is 2. The van der Waals surface area contributed by atoms with Crippen molar-refractivity contribution in [1.29, 1.82) is 0 Å². The molecule has 0 fully saturated rings. The molecule has 0 saturated carbocycles. The summed E-state index contributed by atoms with van der Waals surface area (Å²) in [7, 11) is 0. The highest BCUT2D eigenvalue weighted by molar-refractivity contribution is 7.10. The Balaban J connectivity index is 1.92. The summed E-state index contributed by atoms with van der Waals surface area (Å²) in [6, 6.07) is 7.91. The Bertz CT molecular complexity index is 591. The van der Waals surface area contributed by atoms with Crippen molar-refractivity contribution < 1.29 is 0 Å². The molecule has 0 spiro atoms. The molecule has 1 aliphatic rings. The highest BCUT2D eigenvalue weighted by Crippen LogP contribution is 2.36. The average molecular weight is 327 g/mol. The molecule has 1 aromatic heterocycles. The normalized spacial score (nSPS) is 16.9. The van der Waals surface area contributed by atoms with Crippen LogP contribution in [0.15, 0.2) is 29.6 Å². The molecule has 0 saturated heterocycles. The lowest BCUT2D eigenvalue weighted by Gasteiger charge is -2.35. The fraction of sp³-hybridized carbons (Fsp3) is 0.333. The molecule has 1 aliphatic heterocycles. The lowest BCUT2D eigenvalue weighted by molar-refractivity contribution is 0.185. The molecule has 0 bridgehead atoms. The number of nitrogens with two attached hydrogens (primary N) is 1. The van der Waals surface area contributed by atoms with Crippen molar-refractivity contribution >= 4 is 34.5 Å². The summed E-state index contributed by atoms with van der Waals surface area (Å²) in [5.74, 6) is 0. The molecule has 1 unspecified atom stereocenters. The molecule has 106 valence electrons. The third kappa shape index (κ3) is 2.61. The van der Waals surface area contributed by atoms with Crippen LogP contribution in [0.2, 0.25) is 10.0 Å². The Labute approximate surface area is 133 Å². The lowest BCUT2D eigenvalue weighted by Crippen LogP contribution is -2.37. The number of thiophene rings is 1. The van der Waals surface area contributed by atoms with Gasteiger partial charge in [0.2, 0.25) is 0 Å². The number of rotatable bonds is 3. The maximum Gasteiger partial charge on any atom is 0.0503 e. The van der Waals surface area contributed by atoms with Gasteiger partial charge in [0.25, 0.3) is 0 Å². The molecular weight excluding hydrogens is 311 g/mol. The highest BCUT2D eigenvalue weighted by Gasteiger charge is 2.27. The van der Waals surface area contributed by atoms with E-state index in [1.807, 2.05) is 29.5 Å². The van der Waals surface area contributed by atoms with Crippen LogP contribution in [0.3, 0.4) is 0 Å². The van der Waals surface area contributed by atoms with Crippen LogP contribution in [0.5, 0.6) is 0 Å². The Morgan fingerprint density at radius 3 is 2.70 bits per heavy atom. The van der Waals surface area contributed by atoms with Crippen molar-refractivity contribution in [2.24, 2.45) is 5.73 Å². The summed E-state index contributed by atoms with van der Waals surface area (Å²) in [4.78, 5) is 3.87. The zero-order valence-electron chi connectivity index (χ0n) is 11.0. The van der Waals surface area contributed by atoms with Crippen molar-refractivity contribution in [1.82, 2.24) is 4.90 Å². The molecule has 0 radical (unpaired) electrons. The van der Waals surface area contributed by atoms with Crippen molar-refractivity contribution in [3.05, 3.63) is 55.7 Å². The first-order valence-electron chi connectivity index (χ1n) is 6.64. The summed E-state index contributed by atoms with van der Waals surface area (Å²) in [5.41, 5.74) is 8.37. The van der Waals surface area contributed by atoms with Crippen LogP contribution in [0.1, 0.15) is 22.0 Å². The van der Waals surface area contributed by atoms with Gasteiger partial charge >= 0.3 is 0 Å². The van der Waals surface area contributed by atoms with Gasteiger partial charge < -0.3 is 5.73 Å². The number of nitrogens with zero attached hydrogens (tertiary/aromatic N) is 1. The zero-order chi connectivity index (χ0) is 14.1. The predicted octanol–water partition coefficient (Wildman–Crippen LogP) is 4.11. The Kier molecular flexibility index (Phi) is 4.34. The predicted molar refractivity (Wildman–Crippen MR) is 86.7 cm³/mol. The van der Waals surface area contributed by atoms with E-state index in [9.17, 15) is 0 Å². The third-order valence-corrected chi connectivity index (χ3v) is 5.52. The molecule has 2 aromatic rings.